The minimum Gasteiger partial charge on any atom is -0.368 e. The van der Waals surface area contributed by atoms with E-state index in [4.69, 9.17) is 17.2 Å². The lowest BCUT2D eigenvalue weighted by Gasteiger charge is -2.26. The molecule has 10 nitrogen and oxygen atoms in total. The fourth-order valence-electron chi connectivity index (χ4n) is 2.55. The van der Waals surface area contributed by atoms with Gasteiger partial charge < -0.3 is 32.8 Å². The van der Waals surface area contributed by atoms with Crippen LogP contribution >= 0.6 is 11.8 Å². The number of thioether (sulfide) groups is 1. The van der Waals surface area contributed by atoms with Gasteiger partial charge >= 0.3 is 0 Å². The van der Waals surface area contributed by atoms with Crippen LogP contribution < -0.4 is 27.8 Å². The highest BCUT2D eigenvalue weighted by molar-refractivity contribution is 8.00. The minimum atomic E-state index is -0.935. The average Bonchev–Trinajstić information content (AvgIpc) is 3.16. The number of amides is 3. The van der Waals surface area contributed by atoms with Crippen LogP contribution in [0.5, 0.6) is 0 Å². The van der Waals surface area contributed by atoms with Crippen LogP contribution in [0.1, 0.15) is 45.7 Å². The minimum absolute atomic E-state index is 0.120. The van der Waals surface area contributed by atoms with Crippen LogP contribution in [0.4, 0.5) is 0 Å². The number of imidazole rings is 1. The predicted molar refractivity (Wildman–Crippen MR) is 118 cm³/mol. The normalized spacial score (nSPS) is 14.6. The van der Waals surface area contributed by atoms with Crippen molar-refractivity contribution in [3.63, 3.8) is 0 Å². The second kappa shape index (κ2) is 12.6. The average molecular weight is 442 g/mol. The number of hydrogen-bond acceptors (Lipinski definition) is 7. The van der Waals surface area contributed by atoms with Gasteiger partial charge in [-0.2, -0.15) is 11.8 Å². The molecule has 0 saturated heterocycles. The van der Waals surface area contributed by atoms with Gasteiger partial charge in [-0.1, -0.05) is 27.2 Å². The molecule has 0 radical (unpaired) electrons. The van der Waals surface area contributed by atoms with Crippen molar-refractivity contribution in [2.24, 2.45) is 17.2 Å². The molecule has 0 bridgehead atoms. The topological polar surface area (TPSA) is 182 Å². The number of aromatic nitrogens is 2. The van der Waals surface area contributed by atoms with Gasteiger partial charge in [-0.05, 0) is 19.4 Å². The third kappa shape index (κ3) is 10.1. The number of nitrogens with zero attached hydrogens (tertiary/aromatic N) is 1. The molecule has 0 spiro atoms. The standard InChI is InChI=1S/C19H35N7O3S/c1-19(2,3)30-10-15(26-17(28)13(21)6-4-5-7-20)18(29)25-14(16(22)27)8-12-9-23-11-24-12/h9,11,13-15H,4-8,10,20-21H2,1-3H3,(H2,22,27)(H,23,24)(H,25,29)(H,26,28)/t13-,14-,15-/m0/s1. The second-order valence-electron chi connectivity index (χ2n) is 8.12. The Morgan fingerprint density at radius 3 is 2.37 bits per heavy atom. The van der Waals surface area contributed by atoms with E-state index in [0.29, 0.717) is 24.4 Å². The molecule has 3 amide bonds. The van der Waals surface area contributed by atoms with Crippen LogP contribution in [0.25, 0.3) is 0 Å². The first-order valence-corrected chi connectivity index (χ1v) is 11.0. The highest BCUT2D eigenvalue weighted by Crippen LogP contribution is 2.24. The molecule has 1 heterocycles. The van der Waals surface area contributed by atoms with Crippen LogP contribution in [-0.2, 0) is 20.8 Å². The molecule has 11 heteroatoms. The molecule has 30 heavy (non-hydrogen) atoms. The van der Waals surface area contributed by atoms with Crippen LogP contribution in [0.15, 0.2) is 12.5 Å². The van der Waals surface area contributed by atoms with Crippen molar-refractivity contribution in [2.45, 2.75) is 69.3 Å². The summed E-state index contributed by atoms with van der Waals surface area (Å²) in [6.45, 7) is 6.57. The lowest BCUT2D eigenvalue weighted by Crippen LogP contribution is -2.56. The van der Waals surface area contributed by atoms with E-state index >= 15 is 0 Å². The number of carbonyl (C=O) groups excluding carboxylic acids is 3. The van der Waals surface area contributed by atoms with Crippen LogP contribution in [0.2, 0.25) is 0 Å². The van der Waals surface area contributed by atoms with Crippen molar-refractivity contribution in [1.82, 2.24) is 20.6 Å². The zero-order chi connectivity index (χ0) is 22.7. The van der Waals surface area contributed by atoms with E-state index < -0.39 is 35.8 Å². The third-order valence-electron chi connectivity index (χ3n) is 4.26. The van der Waals surface area contributed by atoms with E-state index in [1.54, 1.807) is 6.20 Å². The van der Waals surface area contributed by atoms with Gasteiger partial charge in [0.25, 0.3) is 0 Å². The number of primary amides is 1. The highest BCUT2D eigenvalue weighted by atomic mass is 32.2. The van der Waals surface area contributed by atoms with Crippen molar-refractivity contribution < 1.29 is 14.4 Å². The van der Waals surface area contributed by atoms with Gasteiger partial charge in [0.05, 0.1) is 12.4 Å². The van der Waals surface area contributed by atoms with Gasteiger partial charge in [0.1, 0.15) is 12.1 Å². The molecule has 170 valence electrons. The van der Waals surface area contributed by atoms with E-state index in [-0.39, 0.29) is 11.2 Å². The van der Waals surface area contributed by atoms with Gasteiger partial charge in [-0.25, -0.2) is 4.98 Å². The molecule has 0 aliphatic heterocycles. The fraction of sp³-hybridized carbons (Fsp3) is 0.684. The summed E-state index contributed by atoms with van der Waals surface area (Å²) in [6, 6.07) is -2.52. The maximum atomic E-state index is 12.9. The second-order valence-corrected chi connectivity index (χ2v) is 9.97. The third-order valence-corrected chi connectivity index (χ3v) is 5.63. The summed E-state index contributed by atoms with van der Waals surface area (Å²) in [5.74, 6) is -1.25. The molecule has 0 aliphatic carbocycles. The lowest BCUT2D eigenvalue weighted by atomic mass is 10.1. The van der Waals surface area contributed by atoms with Gasteiger partial charge in [-0.15, -0.1) is 0 Å². The Morgan fingerprint density at radius 2 is 1.83 bits per heavy atom. The summed E-state index contributed by atoms with van der Waals surface area (Å²) in [4.78, 5) is 44.0. The molecule has 1 rings (SSSR count). The first-order valence-electron chi connectivity index (χ1n) is 10.0. The van der Waals surface area contributed by atoms with Crippen LogP contribution in [0, 0.1) is 0 Å². The number of nitrogens with one attached hydrogen (secondary N) is 3. The molecule has 0 aromatic carbocycles. The van der Waals surface area contributed by atoms with Gasteiger partial charge in [0, 0.05) is 28.8 Å². The lowest BCUT2D eigenvalue weighted by molar-refractivity contribution is -0.131. The summed E-state index contributed by atoms with van der Waals surface area (Å²) in [5, 5.41) is 5.36. The molecule has 0 unspecified atom stereocenters. The van der Waals surface area contributed by atoms with Crippen LogP contribution in [-0.4, -0.2) is 62.9 Å². The number of aromatic amines is 1. The van der Waals surface area contributed by atoms with Crippen molar-refractivity contribution in [3.05, 3.63) is 18.2 Å². The SMILES string of the molecule is CC(C)(C)SC[C@H](NC(=O)[C@@H](N)CCCCN)C(=O)N[C@@H](Cc1cnc[nH]1)C(N)=O. The predicted octanol–water partition coefficient (Wildman–Crippen LogP) is -0.605. The number of rotatable bonds is 13. The summed E-state index contributed by atoms with van der Waals surface area (Å²) in [6.07, 6.45) is 5.19. The molecule has 1 aromatic heterocycles. The summed E-state index contributed by atoms with van der Waals surface area (Å²) in [5.41, 5.74) is 17.5. The maximum Gasteiger partial charge on any atom is 0.244 e. The molecule has 3 atom stereocenters. The number of unbranched alkanes of at least 4 members (excludes halogenated alkanes) is 1. The van der Waals surface area contributed by atoms with E-state index in [0.717, 1.165) is 12.8 Å². The Kier molecular flexibility index (Phi) is 10.8. The van der Waals surface area contributed by atoms with Crippen LogP contribution in [0.3, 0.4) is 0 Å². The zero-order valence-corrected chi connectivity index (χ0v) is 18.8. The first-order chi connectivity index (χ1) is 14.0. The molecule has 1 aromatic rings. The Morgan fingerprint density at radius 1 is 1.17 bits per heavy atom. The molecular weight excluding hydrogens is 406 g/mol. The largest absolute Gasteiger partial charge is 0.368 e. The first kappa shape index (κ1) is 25.9. The van der Waals surface area contributed by atoms with Crippen molar-refractivity contribution in [1.29, 1.82) is 0 Å². The van der Waals surface area contributed by atoms with Crippen molar-refractivity contribution >= 4 is 29.5 Å². The van der Waals surface area contributed by atoms with Gasteiger partial charge in [0.2, 0.25) is 17.7 Å². The van der Waals surface area contributed by atoms with E-state index in [1.165, 1.54) is 18.1 Å². The number of nitrogens with two attached hydrogens (primary N) is 3. The van der Waals surface area contributed by atoms with E-state index in [1.807, 2.05) is 20.8 Å². The molecule has 0 aliphatic rings. The fourth-order valence-corrected chi connectivity index (χ4v) is 3.45. The maximum absolute atomic E-state index is 12.9. The Bertz CT molecular complexity index is 676. The summed E-state index contributed by atoms with van der Waals surface area (Å²) < 4.78 is -0.120. The molecule has 0 saturated carbocycles. The zero-order valence-electron chi connectivity index (χ0n) is 17.9. The highest BCUT2D eigenvalue weighted by Gasteiger charge is 2.29. The number of carbonyl (C=O) groups is 3. The smallest absolute Gasteiger partial charge is 0.244 e. The Balaban J connectivity index is 2.81. The number of H-pyrrole nitrogens is 1. The number of hydrogen-bond donors (Lipinski definition) is 6. The molecular formula is C19H35N7O3S. The van der Waals surface area contributed by atoms with Crippen molar-refractivity contribution in [2.75, 3.05) is 12.3 Å². The molecule has 0 fully saturated rings. The Labute approximate surface area is 181 Å². The van der Waals surface area contributed by atoms with Gasteiger partial charge in [-0.3, -0.25) is 14.4 Å². The van der Waals surface area contributed by atoms with Gasteiger partial charge in [0.15, 0.2) is 0 Å². The molecule has 9 N–H and O–H groups in total. The summed E-state index contributed by atoms with van der Waals surface area (Å²) >= 11 is 1.52. The van der Waals surface area contributed by atoms with E-state index in [9.17, 15) is 14.4 Å². The van der Waals surface area contributed by atoms with Crippen molar-refractivity contribution in [3.8, 4) is 0 Å². The van der Waals surface area contributed by atoms with E-state index in [2.05, 4.69) is 20.6 Å². The Hall–Kier alpha value is -2.11. The monoisotopic (exact) mass is 441 g/mol. The quantitative estimate of drug-likeness (QED) is 0.221. The summed E-state index contributed by atoms with van der Waals surface area (Å²) in [7, 11) is 0.